The molecule has 4 aliphatic heterocycles. The molecule has 14 heterocycles. The van der Waals surface area contributed by atoms with E-state index in [9.17, 15) is 24.3 Å². The van der Waals surface area contributed by atoms with Gasteiger partial charge in [-0.15, -0.1) is 0 Å². The summed E-state index contributed by atoms with van der Waals surface area (Å²) < 4.78 is 11.8. The van der Waals surface area contributed by atoms with Crippen molar-refractivity contribution < 1.29 is 24.3 Å². The fourth-order valence-electron chi connectivity index (χ4n) is 15.8. The third-order valence-electron chi connectivity index (χ3n) is 23.1. The molecule has 0 spiro atoms. The maximum absolute atomic E-state index is 12.8. The molecule has 4 amide bonds. The van der Waals surface area contributed by atoms with Crippen LogP contribution >= 0.6 is 34.8 Å². The van der Waals surface area contributed by atoms with Crippen LogP contribution in [0.15, 0.2) is 221 Å². The van der Waals surface area contributed by atoms with Gasteiger partial charge in [-0.1, -0.05) is 73.4 Å². The summed E-state index contributed by atoms with van der Waals surface area (Å²) in [6, 6.07) is 41.0. The van der Waals surface area contributed by atoms with Crippen LogP contribution in [0.3, 0.4) is 0 Å². The van der Waals surface area contributed by atoms with Crippen LogP contribution in [0.25, 0.3) is 89.4 Å². The second kappa shape index (κ2) is 37.1. The third-order valence-corrected chi connectivity index (χ3v) is 23.9. The van der Waals surface area contributed by atoms with Gasteiger partial charge in [0.2, 0.25) is 0 Å². The Morgan fingerprint density at radius 3 is 1.64 bits per heavy atom. The number of nitrogens with zero attached hydrogens (tertiary/aromatic N) is 19. The van der Waals surface area contributed by atoms with Crippen molar-refractivity contribution in [1.29, 1.82) is 0 Å². The summed E-state index contributed by atoms with van der Waals surface area (Å²) in [7, 11) is 0. The number of aromatic nitrogens is 15. The molecule has 618 valence electrons. The van der Waals surface area contributed by atoms with E-state index in [4.69, 9.17) is 34.8 Å². The fourth-order valence-corrected chi connectivity index (χ4v) is 16.4. The maximum atomic E-state index is 12.8. The molecule has 1 saturated carbocycles. The smallest absolute Gasteiger partial charge is 0.255 e. The van der Waals surface area contributed by atoms with E-state index in [1.165, 1.54) is 19.1 Å². The Bertz CT molecular complexity index is 6090. The Balaban J connectivity index is 0.000000112. The van der Waals surface area contributed by atoms with Crippen LogP contribution in [-0.4, -0.2) is 185 Å². The number of carbonyl (C=O) groups is 4. The lowest BCUT2D eigenvalue weighted by Crippen LogP contribution is -2.37. The zero-order valence-corrected chi connectivity index (χ0v) is 70.3. The zero-order chi connectivity index (χ0) is 83.8. The Morgan fingerprint density at radius 2 is 1.04 bits per heavy atom. The van der Waals surface area contributed by atoms with E-state index in [2.05, 4.69) is 118 Å². The van der Waals surface area contributed by atoms with Crippen molar-refractivity contribution in [3.05, 3.63) is 270 Å². The first kappa shape index (κ1) is 82.3. The first-order valence-corrected chi connectivity index (χ1v) is 42.5. The number of halogens is 3. The van der Waals surface area contributed by atoms with Gasteiger partial charge in [-0.2, -0.15) is 0 Å². The van der Waals surface area contributed by atoms with E-state index < -0.39 is 0 Å². The number of fused-ring (bicyclic) bond motifs is 5. The number of hydrogen-bond donors (Lipinski definition) is 2. The molecule has 15 aromatic rings. The van der Waals surface area contributed by atoms with Crippen LogP contribution < -0.4 is 5.32 Å². The molecular formula is C93H95Cl3N20O5. The van der Waals surface area contributed by atoms with E-state index >= 15 is 0 Å². The van der Waals surface area contributed by atoms with E-state index in [1.54, 1.807) is 54.1 Å². The first-order chi connectivity index (χ1) is 58.8. The van der Waals surface area contributed by atoms with Gasteiger partial charge >= 0.3 is 0 Å². The van der Waals surface area contributed by atoms with Crippen molar-refractivity contribution in [3.8, 4) is 28.7 Å². The van der Waals surface area contributed by atoms with Crippen LogP contribution in [0.1, 0.15) is 144 Å². The molecule has 121 heavy (non-hydrogen) atoms. The lowest BCUT2D eigenvalue weighted by Gasteiger charge is -2.33. The number of rotatable bonds is 13. The average molecular weight is 1680 g/mol. The van der Waals surface area contributed by atoms with Crippen LogP contribution in [0, 0.1) is 18.8 Å². The summed E-state index contributed by atoms with van der Waals surface area (Å²) >= 11 is 18.5. The second-order valence-corrected chi connectivity index (χ2v) is 33.0. The highest BCUT2D eigenvalue weighted by Gasteiger charge is 2.28. The Labute approximate surface area is 715 Å². The topological polar surface area (TPSA) is 259 Å². The van der Waals surface area contributed by atoms with Crippen LogP contribution in [0.5, 0.6) is 0 Å². The molecule has 0 radical (unpaired) electrons. The van der Waals surface area contributed by atoms with Crippen molar-refractivity contribution in [2.45, 2.75) is 117 Å². The van der Waals surface area contributed by atoms with Gasteiger partial charge < -0.3 is 39.2 Å². The number of benzene rings is 5. The van der Waals surface area contributed by atoms with Gasteiger partial charge in [-0.05, 0) is 217 Å². The standard InChI is InChI=1S/C20H20ClN3O.C20H22N4O.C18H18ClN5O.C18H21N5O.C17H14ClN3O/c1-14(23-9-7-18(25)8-10-23)15-5-6-20-19(11-15)22-13-24(20)17-4-2-3-16(21)12-17;1-14-5-7-23(8-6-14)20(25)16-3-4-19-18(9-16)15(2)12-24(19)17-10-21-13-22-11-17;1-12-3-6-23(7-4-12)18(25)13-8-14-15(19)10-24(17(14)21-9-13)16-2-5-20-11-22-16;1-2-21-12-16(20-13-21)23-9-6-14-10-15(11-19-17(14)23)18(24)22-7-4-3-5-8-22;18-12-2-1-3-14(9-12)21-10-19-15-8-11(4-7-16(15)21)17(22)20-13-5-6-13/h2-6,11-13,18,25H,1,7-10H2;3-4,9-14H,5-8H2,1-2H3;2,5,8-12H,3-4,6-7H2,1H3;6,9-13H,2-5,7-8H2,1H3;1-4,7-10,13H,5-6H2,(H,20,22). The van der Waals surface area contributed by atoms with Gasteiger partial charge in [-0.3, -0.25) is 37.4 Å². The van der Waals surface area contributed by atoms with Gasteiger partial charge in [0.05, 0.1) is 74.2 Å². The van der Waals surface area contributed by atoms with Crippen LogP contribution in [0.2, 0.25) is 15.1 Å². The highest BCUT2D eigenvalue weighted by atomic mass is 35.5. The minimum absolute atomic E-state index is 0.0205. The van der Waals surface area contributed by atoms with E-state index in [1.807, 2.05) is 161 Å². The minimum Gasteiger partial charge on any atom is -0.393 e. The lowest BCUT2D eigenvalue weighted by molar-refractivity contribution is 0.0689. The van der Waals surface area contributed by atoms with E-state index in [0.29, 0.717) is 55.2 Å². The molecule has 5 aliphatic rings. The third kappa shape index (κ3) is 18.9. The average Bonchev–Trinajstić information content (AvgIpc) is 1.67. The molecular weight excluding hydrogens is 1580 g/mol. The Kier molecular flexibility index (Phi) is 25.2. The summed E-state index contributed by atoms with van der Waals surface area (Å²) in [6.07, 6.45) is 36.0. The van der Waals surface area contributed by atoms with Gasteiger partial charge in [0.1, 0.15) is 42.4 Å². The normalized spacial score (nSPS) is 15.3. The number of hydrogen-bond acceptors (Lipinski definition) is 15. The minimum atomic E-state index is -0.181. The number of likely N-dealkylation sites (tertiary alicyclic amines) is 4. The molecule has 1 aliphatic carbocycles. The fraction of sp³-hybridized carbons (Fsp3) is 0.301. The molecule has 10 aromatic heterocycles. The number of carbonyl (C=O) groups excluding carboxylic acids is 4. The molecule has 20 rings (SSSR count). The molecule has 5 aromatic carbocycles. The predicted molar refractivity (Wildman–Crippen MR) is 475 cm³/mol. The largest absolute Gasteiger partial charge is 0.393 e. The number of aliphatic hydroxyl groups excluding tert-OH is 1. The number of aryl methyl sites for hydroxylation is 2. The van der Waals surface area contributed by atoms with Crippen molar-refractivity contribution in [2.24, 2.45) is 11.8 Å². The summed E-state index contributed by atoms with van der Waals surface area (Å²) in [4.78, 5) is 97.1. The van der Waals surface area contributed by atoms with Crippen LogP contribution in [0.4, 0.5) is 0 Å². The maximum Gasteiger partial charge on any atom is 0.255 e. The summed E-state index contributed by atoms with van der Waals surface area (Å²) in [5.74, 6) is 3.15. The van der Waals surface area contributed by atoms with Crippen LogP contribution in [-0.2, 0) is 6.54 Å². The summed E-state index contributed by atoms with van der Waals surface area (Å²) in [5, 5.41) is 17.4. The number of amides is 4. The summed E-state index contributed by atoms with van der Waals surface area (Å²) in [5.41, 5.74) is 15.0. The number of nitrogens with one attached hydrogen (secondary N) is 1. The highest BCUT2D eigenvalue weighted by molar-refractivity contribution is 6.35. The van der Waals surface area contributed by atoms with Gasteiger partial charge in [0.15, 0.2) is 5.82 Å². The molecule has 28 heteroatoms. The van der Waals surface area contributed by atoms with E-state index in [0.717, 1.165) is 224 Å². The number of pyridine rings is 2. The van der Waals surface area contributed by atoms with Crippen molar-refractivity contribution >= 4 is 119 Å². The quantitative estimate of drug-likeness (QED) is 0.109. The SMILES string of the molecule is C=C(c1ccc2c(c1)ncn2-c1cccc(Cl)c1)N1CCC(O)CC1.CC1CCN(C(=O)c2cnc3c(c2)c(Cl)cn3-c2ccncn2)CC1.CCn1cnc(-n2ccc3cc(C(=O)N4CCCCC4)cnc32)c1.Cc1cn(-c2cncnc2)c2ccc(C(=O)N3CCC(C)CC3)cc12.O=C(NC1CC1)c1ccc2c(c1)ncn2-c1cccc(Cl)c1. The summed E-state index contributed by atoms with van der Waals surface area (Å²) in [6.45, 7) is 20.5. The molecule has 0 bridgehead atoms. The lowest BCUT2D eigenvalue weighted by atomic mass is 9.98. The number of piperidine rings is 4. The van der Waals surface area contributed by atoms with Crippen molar-refractivity contribution in [3.63, 3.8) is 0 Å². The van der Waals surface area contributed by atoms with E-state index in [-0.39, 0.29) is 29.7 Å². The number of imidazole rings is 3. The molecule has 0 unspecified atom stereocenters. The molecule has 25 nitrogen and oxygen atoms in total. The van der Waals surface area contributed by atoms with Gasteiger partial charge in [-0.25, -0.2) is 44.9 Å². The predicted octanol–water partition coefficient (Wildman–Crippen LogP) is 17.5. The molecule has 4 saturated heterocycles. The van der Waals surface area contributed by atoms with Gasteiger partial charge in [0.25, 0.3) is 23.6 Å². The van der Waals surface area contributed by atoms with Gasteiger partial charge in [0, 0.05) is 163 Å². The first-order valence-electron chi connectivity index (χ1n) is 41.4. The van der Waals surface area contributed by atoms with Crippen molar-refractivity contribution in [2.75, 3.05) is 52.4 Å². The molecule has 0 atom stereocenters. The second-order valence-electron chi connectivity index (χ2n) is 31.7. The molecule has 2 N–H and O–H groups in total. The molecule has 5 fully saturated rings. The Morgan fingerprint density at radius 1 is 0.471 bits per heavy atom. The number of aliphatic hydroxyl groups is 1. The highest BCUT2D eigenvalue weighted by Crippen LogP contribution is 2.33. The van der Waals surface area contributed by atoms with Crippen molar-refractivity contribution in [1.82, 2.24) is 97.2 Å². The monoisotopic (exact) mass is 1680 g/mol. The Hall–Kier alpha value is -12.4. The zero-order valence-electron chi connectivity index (χ0n) is 68.1.